The molecule has 0 bridgehead atoms. The van der Waals surface area contributed by atoms with Gasteiger partial charge >= 0.3 is 5.97 Å². The van der Waals surface area contributed by atoms with Crippen molar-refractivity contribution in [2.75, 3.05) is 19.8 Å². The van der Waals surface area contributed by atoms with Gasteiger partial charge in [-0.15, -0.1) is 11.8 Å². The number of hydrogen-bond donors (Lipinski definition) is 1. The first-order valence-electron chi connectivity index (χ1n) is 14.0. The Balaban J connectivity index is 1.48. The Bertz CT molecular complexity index is 1130. The van der Waals surface area contributed by atoms with Crippen molar-refractivity contribution in [3.8, 4) is 0 Å². The van der Waals surface area contributed by atoms with Crippen LogP contribution in [0.5, 0.6) is 0 Å². The van der Waals surface area contributed by atoms with Gasteiger partial charge in [0.05, 0.1) is 35.8 Å². The van der Waals surface area contributed by atoms with Crippen molar-refractivity contribution in [2.45, 2.75) is 73.1 Å². The van der Waals surface area contributed by atoms with Gasteiger partial charge in [-0.2, -0.15) is 0 Å². The number of carbonyl (C=O) groups excluding carboxylic acids is 3. The summed E-state index contributed by atoms with van der Waals surface area (Å²) in [7, 11) is 0. The van der Waals surface area contributed by atoms with E-state index in [9.17, 15) is 19.5 Å². The van der Waals surface area contributed by atoms with Crippen molar-refractivity contribution in [2.24, 2.45) is 11.8 Å². The molecule has 2 amide bonds. The highest BCUT2D eigenvalue weighted by atomic mass is 32.2. The molecule has 1 saturated carbocycles. The molecule has 5 aliphatic rings. The number of aliphatic hydroxyl groups excluding tert-OH is 1. The summed E-state index contributed by atoms with van der Waals surface area (Å²) in [4.78, 5) is 46.2. The summed E-state index contributed by atoms with van der Waals surface area (Å²) in [5, 5.41) is 10.4. The minimum atomic E-state index is -0.905. The lowest BCUT2D eigenvalue weighted by molar-refractivity contribution is -0.153. The number of nitrogens with zero attached hydrogens (tertiary/aromatic N) is 2. The number of hydrogen-bond acceptors (Lipinski definition) is 6. The van der Waals surface area contributed by atoms with Crippen LogP contribution in [0.1, 0.15) is 56.6 Å². The summed E-state index contributed by atoms with van der Waals surface area (Å²) >= 11 is 1.56. The molecule has 8 heteroatoms. The standard InChI is InChI=1S/C30H36N2O5S/c33-19-22(20-11-4-1-5-12-20)32-26-28(35)31(21-13-6-2-7-14-21)17-10-16-30(26)25(27(32)34)24-23(38-30)15-8-3-9-18-37-29(24)36/h1,4-5,8,10-12,15-16,21-26,33H,2-3,6-7,9,13-14,17-19H2/b15-8-/t22-,23+,24-,25+,26?,30+/m1/s1. The molecule has 1 spiro atoms. The number of ether oxygens (including phenoxy) is 1. The minimum Gasteiger partial charge on any atom is -0.465 e. The molecule has 1 aromatic carbocycles. The predicted molar refractivity (Wildman–Crippen MR) is 145 cm³/mol. The van der Waals surface area contributed by atoms with Gasteiger partial charge in [0.25, 0.3) is 0 Å². The zero-order chi connectivity index (χ0) is 26.3. The van der Waals surface area contributed by atoms with Crippen LogP contribution >= 0.6 is 11.8 Å². The number of esters is 1. The molecule has 1 unspecified atom stereocenters. The van der Waals surface area contributed by atoms with E-state index in [4.69, 9.17) is 4.74 Å². The number of thioether (sulfide) groups is 1. The molecule has 4 aliphatic heterocycles. The Morgan fingerprint density at radius 1 is 1.03 bits per heavy atom. The molecule has 1 N–H and O–H groups in total. The lowest BCUT2D eigenvalue weighted by atomic mass is 9.78. The topological polar surface area (TPSA) is 87.2 Å². The third-order valence-electron chi connectivity index (χ3n) is 9.03. The molecular formula is C30H36N2O5S. The Morgan fingerprint density at radius 2 is 1.82 bits per heavy atom. The van der Waals surface area contributed by atoms with Crippen molar-refractivity contribution in [1.82, 2.24) is 9.80 Å². The first-order valence-corrected chi connectivity index (χ1v) is 14.9. The molecule has 202 valence electrons. The highest BCUT2D eigenvalue weighted by Crippen LogP contribution is 2.62. The smallest absolute Gasteiger partial charge is 0.311 e. The van der Waals surface area contributed by atoms with Crippen LogP contribution in [0.4, 0.5) is 0 Å². The number of carbonyl (C=O) groups is 3. The third-order valence-corrected chi connectivity index (χ3v) is 10.8. The minimum absolute atomic E-state index is 0.0662. The highest BCUT2D eigenvalue weighted by molar-refractivity contribution is 8.02. The molecule has 4 heterocycles. The van der Waals surface area contributed by atoms with Gasteiger partial charge in [0.1, 0.15) is 6.04 Å². The summed E-state index contributed by atoms with van der Waals surface area (Å²) in [5.74, 6) is -2.08. The van der Waals surface area contributed by atoms with Crippen molar-refractivity contribution in [1.29, 1.82) is 0 Å². The first-order chi connectivity index (χ1) is 18.6. The summed E-state index contributed by atoms with van der Waals surface area (Å²) in [6, 6.07) is 8.08. The molecule has 2 saturated heterocycles. The molecule has 1 aromatic rings. The highest BCUT2D eigenvalue weighted by Gasteiger charge is 2.72. The lowest BCUT2D eigenvalue weighted by Crippen LogP contribution is -2.56. The Morgan fingerprint density at radius 3 is 2.58 bits per heavy atom. The fraction of sp³-hybridized carbons (Fsp3) is 0.567. The van der Waals surface area contributed by atoms with Gasteiger partial charge in [0.15, 0.2) is 0 Å². The van der Waals surface area contributed by atoms with E-state index in [1.807, 2.05) is 53.5 Å². The zero-order valence-electron chi connectivity index (χ0n) is 21.6. The second-order valence-electron chi connectivity index (χ2n) is 11.1. The number of rotatable bonds is 4. The van der Waals surface area contributed by atoms with Gasteiger partial charge in [-0.25, -0.2) is 0 Å². The maximum Gasteiger partial charge on any atom is 0.311 e. The number of amides is 2. The second-order valence-corrected chi connectivity index (χ2v) is 12.6. The van der Waals surface area contributed by atoms with Crippen LogP contribution in [0.15, 0.2) is 54.6 Å². The molecule has 0 radical (unpaired) electrons. The van der Waals surface area contributed by atoms with Crippen LogP contribution in [-0.4, -0.2) is 74.5 Å². The van der Waals surface area contributed by atoms with E-state index in [0.717, 1.165) is 44.1 Å². The average molecular weight is 537 g/mol. The van der Waals surface area contributed by atoms with Crippen molar-refractivity contribution >= 4 is 29.5 Å². The average Bonchev–Trinajstić information content (AvgIpc) is 3.35. The van der Waals surface area contributed by atoms with E-state index in [-0.39, 0.29) is 35.7 Å². The quantitative estimate of drug-likeness (QED) is 0.467. The largest absolute Gasteiger partial charge is 0.465 e. The second kappa shape index (κ2) is 10.5. The maximum atomic E-state index is 14.6. The van der Waals surface area contributed by atoms with Gasteiger partial charge in [0.2, 0.25) is 11.8 Å². The number of benzene rings is 1. The van der Waals surface area contributed by atoms with E-state index in [0.29, 0.717) is 13.2 Å². The molecule has 6 atom stereocenters. The Hall–Kier alpha value is -2.58. The number of cyclic esters (lactones) is 1. The van der Waals surface area contributed by atoms with E-state index < -0.39 is 28.7 Å². The normalized spacial score (nSPS) is 35.3. The molecule has 1 aliphatic carbocycles. The third kappa shape index (κ3) is 4.11. The summed E-state index contributed by atoms with van der Waals surface area (Å²) in [5.41, 5.74) is 0.780. The molecule has 0 aromatic heterocycles. The van der Waals surface area contributed by atoms with E-state index in [1.165, 1.54) is 6.42 Å². The lowest BCUT2D eigenvalue weighted by Gasteiger charge is -2.41. The number of allylic oxidation sites excluding steroid dienone is 1. The fourth-order valence-electron chi connectivity index (χ4n) is 7.30. The van der Waals surface area contributed by atoms with Crippen molar-refractivity contribution in [3.63, 3.8) is 0 Å². The van der Waals surface area contributed by atoms with Crippen LogP contribution in [0, 0.1) is 11.8 Å². The van der Waals surface area contributed by atoms with Crippen LogP contribution in [0.2, 0.25) is 0 Å². The molecule has 3 fully saturated rings. The SMILES string of the molecule is O=C1OCCC/C=C\[C@@H]2S[C@]34C=CCN(C5CCCCC5)C(=O)C3N([C@H](CO)c3ccccc3)C(=O)[C@@H]4[C@H]12. The Kier molecular flexibility index (Phi) is 7.12. The summed E-state index contributed by atoms with van der Waals surface area (Å²) in [6.45, 7) is 0.520. The van der Waals surface area contributed by atoms with Crippen LogP contribution in [0.25, 0.3) is 0 Å². The fourth-order valence-corrected chi connectivity index (χ4v) is 9.28. The van der Waals surface area contributed by atoms with Gasteiger partial charge in [-0.05, 0) is 31.2 Å². The monoisotopic (exact) mass is 536 g/mol. The maximum absolute atomic E-state index is 14.6. The molecular weight excluding hydrogens is 500 g/mol. The zero-order valence-corrected chi connectivity index (χ0v) is 22.4. The van der Waals surface area contributed by atoms with Crippen molar-refractivity contribution < 1.29 is 24.2 Å². The van der Waals surface area contributed by atoms with Crippen LogP contribution in [0.3, 0.4) is 0 Å². The van der Waals surface area contributed by atoms with Gasteiger partial charge < -0.3 is 19.6 Å². The molecule has 38 heavy (non-hydrogen) atoms. The summed E-state index contributed by atoms with van der Waals surface area (Å²) < 4.78 is 4.75. The first kappa shape index (κ1) is 25.7. The number of likely N-dealkylation sites (tertiary alicyclic amines) is 1. The number of aliphatic hydroxyl groups is 1. The van der Waals surface area contributed by atoms with Gasteiger partial charge in [-0.1, -0.05) is 73.9 Å². The number of fused-ring (bicyclic) bond motifs is 2. The van der Waals surface area contributed by atoms with E-state index in [2.05, 4.69) is 6.08 Å². The summed E-state index contributed by atoms with van der Waals surface area (Å²) in [6.07, 6.45) is 15.1. The predicted octanol–water partition coefficient (Wildman–Crippen LogP) is 3.64. The van der Waals surface area contributed by atoms with Crippen molar-refractivity contribution in [3.05, 3.63) is 60.2 Å². The van der Waals surface area contributed by atoms with Crippen LogP contribution < -0.4 is 0 Å². The van der Waals surface area contributed by atoms with Crippen LogP contribution in [-0.2, 0) is 19.1 Å². The molecule has 6 rings (SSSR count). The Labute approximate surface area is 228 Å². The van der Waals surface area contributed by atoms with Gasteiger partial charge in [-0.3, -0.25) is 14.4 Å². The van der Waals surface area contributed by atoms with Gasteiger partial charge in [0, 0.05) is 17.8 Å². The molecule has 7 nitrogen and oxygen atoms in total. The van der Waals surface area contributed by atoms with E-state index in [1.54, 1.807) is 16.7 Å². The van der Waals surface area contributed by atoms with E-state index >= 15 is 0 Å².